The number of benzene rings is 1. The van der Waals surface area contributed by atoms with Crippen LogP contribution >= 0.6 is 11.6 Å². The molecule has 17 heavy (non-hydrogen) atoms. The van der Waals surface area contributed by atoms with E-state index < -0.39 is 0 Å². The molecule has 0 aliphatic heterocycles. The van der Waals surface area contributed by atoms with Gasteiger partial charge in [-0.05, 0) is 12.1 Å². The number of nitrogens with zero attached hydrogens (tertiary/aromatic N) is 3. The van der Waals surface area contributed by atoms with E-state index in [2.05, 4.69) is 15.1 Å². The molecular weight excluding hydrogens is 242 g/mol. The van der Waals surface area contributed by atoms with Gasteiger partial charge in [-0.15, -0.1) is 0 Å². The molecule has 4 N–H and O–H groups in total. The average Bonchev–Trinajstić information content (AvgIpc) is 2.75. The highest BCUT2D eigenvalue weighted by Gasteiger charge is 2.08. The largest absolute Gasteiger partial charge is 0.370 e. The molecule has 0 aliphatic rings. The van der Waals surface area contributed by atoms with E-state index in [-0.39, 0.29) is 12.5 Å². The third kappa shape index (κ3) is 2.94. The summed E-state index contributed by atoms with van der Waals surface area (Å²) in [7, 11) is 0. The fourth-order valence-electron chi connectivity index (χ4n) is 1.22. The van der Waals surface area contributed by atoms with E-state index in [4.69, 9.17) is 27.6 Å². The Labute approximate surface area is 102 Å². The lowest BCUT2D eigenvalue weighted by molar-refractivity contribution is 0.381. The summed E-state index contributed by atoms with van der Waals surface area (Å²) in [4.78, 5) is 7.91. The highest BCUT2D eigenvalue weighted by Crippen LogP contribution is 2.19. The number of aliphatic imine (C=N–C) groups is 1. The number of aromatic nitrogens is 2. The molecule has 0 fully saturated rings. The van der Waals surface area contributed by atoms with Crippen molar-refractivity contribution in [2.75, 3.05) is 0 Å². The predicted octanol–water partition coefficient (Wildman–Crippen LogP) is 1.16. The van der Waals surface area contributed by atoms with Crippen LogP contribution in [0.2, 0.25) is 5.02 Å². The Bertz CT molecular complexity index is 547. The van der Waals surface area contributed by atoms with Crippen LogP contribution in [0.1, 0.15) is 5.89 Å². The second-order valence-electron chi connectivity index (χ2n) is 3.26. The van der Waals surface area contributed by atoms with Gasteiger partial charge in [0.05, 0.1) is 0 Å². The smallest absolute Gasteiger partial charge is 0.248 e. The molecule has 88 valence electrons. The number of nitrogens with two attached hydrogens (primary N) is 2. The van der Waals surface area contributed by atoms with Gasteiger partial charge in [0, 0.05) is 10.6 Å². The minimum absolute atomic E-state index is 0.0208. The van der Waals surface area contributed by atoms with Crippen molar-refractivity contribution in [1.82, 2.24) is 10.1 Å². The molecule has 0 unspecified atom stereocenters. The topological polar surface area (TPSA) is 103 Å². The van der Waals surface area contributed by atoms with Crippen LogP contribution in [0.15, 0.2) is 33.8 Å². The van der Waals surface area contributed by atoms with Crippen LogP contribution in [0.25, 0.3) is 11.4 Å². The predicted molar refractivity (Wildman–Crippen MR) is 64.3 cm³/mol. The number of rotatable bonds is 3. The molecule has 0 amide bonds. The van der Waals surface area contributed by atoms with Gasteiger partial charge in [-0.1, -0.05) is 28.9 Å². The summed E-state index contributed by atoms with van der Waals surface area (Å²) >= 11 is 5.86. The summed E-state index contributed by atoms with van der Waals surface area (Å²) in [6.07, 6.45) is 0. The van der Waals surface area contributed by atoms with Gasteiger partial charge in [-0.25, -0.2) is 4.99 Å². The van der Waals surface area contributed by atoms with Crippen molar-refractivity contribution in [3.63, 3.8) is 0 Å². The minimum atomic E-state index is -0.0208. The maximum absolute atomic E-state index is 5.86. The molecule has 2 aromatic rings. The summed E-state index contributed by atoms with van der Waals surface area (Å²) < 4.78 is 4.99. The van der Waals surface area contributed by atoms with Crippen LogP contribution in [-0.4, -0.2) is 16.1 Å². The molecule has 0 bridgehead atoms. The SMILES string of the molecule is NC(N)=NCc1nc(-c2cccc(Cl)c2)no1. The summed E-state index contributed by atoms with van der Waals surface area (Å²) in [5.41, 5.74) is 11.2. The molecule has 0 atom stereocenters. The van der Waals surface area contributed by atoms with Crippen LogP contribution in [0.5, 0.6) is 0 Å². The number of guanidine groups is 1. The van der Waals surface area contributed by atoms with E-state index >= 15 is 0 Å². The first-order valence-electron chi connectivity index (χ1n) is 4.79. The van der Waals surface area contributed by atoms with Gasteiger partial charge in [0.25, 0.3) is 0 Å². The molecule has 1 aromatic heterocycles. The van der Waals surface area contributed by atoms with Gasteiger partial charge in [0.15, 0.2) is 5.96 Å². The third-order valence-corrected chi connectivity index (χ3v) is 2.18. The monoisotopic (exact) mass is 251 g/mol. The van der Waals surface area contributed by atoms with E-state index in [0.717, 1.165) is 5.56 Å². The summed E-state index contributed by atoms with van der Waals surface area (Å²) in [6.45, 7) is 0.163. The zero-order valence-corrected chi connectivity index (χ0v) is 9.55. The maximum Gasteiger partial charge on any atom is 0.248 e. The van der Waals surface area contributed by atoms with Crippen LogP contribution in [0.3, 0.4) is 0 Å². The number of hydrogen-bond donors (Lipinski definition) is 2. The van der Waals surface area contributed by atoms with Gasteiger partial charge >= 0.3 is 0 Å². The van der Waals surface area contributed by atoms with E-state index in [0.29, 0.717) is 16.7 Å². The second kappa shape index (κ2) is 4.84. The van der Waals surface area contributed by atoms with E-state index in [1.807, 2.05) is 12.1 Å². The highest BCUT2D eigenvalue weighted by atomic mass is 35.5. The van der Waals surface area contributed by atoms with Crippen LogP contribution < -0.4 is 11.5 Å². The molecule has 0 spiro atoms. The first-order chi connectivity index (χ1) is 8.15. The Kier molecular flexibility index (Phi) is 3.24. The van der Waals surface area contributed by atoms with Crippen LogP contribution in [0, 0.1) is 0 Å². The van der Waals surface area contributed by atoms with Gasteiger partial charge < -0.3 is 16.0 Å². The van der Waals surface area contributed by atoms with Gasteiger partial charge in [0.1, 0.15) is 6.54 Å². The zero-order chi connectivity index (χ0) is 12.3. The maximum atomic E-state index is 5.86. The lowest BCUT2D eigenvalue weighted by Crippen LogP contribution is -2.22. The van der Waals surface area contributed by atoms with Gasteiger partial charge in [-0.3, -0.25) is 0 Å². The van der Waals surface area contributed by atoms with E-state index in [9.17, 15) is 0 Å². The minimum Gasteiger partial charge on any atom is -0.370 e. The molecule has 1 heterocycles. The first kappa shape index (κ1) is 11.4. The van der Waals surface area contributed by atoms with Crippen molar-refractivity contribution in [2.24, 2.45) is 16.5 Å². The molecule has 6 nitrogen and oxygen atoms in total. The molecular formula is C10H10ClN5O. The molecule has 0 aliphatic carbocycles. The van der Waals surface area contributed by atoms with Crippen molar-refractivity contribution in [3.05, 3.63) is 35.2 Å². The summed E-state index contributed by atoms with van der Waals surface area (Å²) in [5, 5.41) is 4.42. The van der Waals surface area contributed by atoms with E-state index in [1.165, 1.54) is 0 Å². The fourth-order valence-corrected chi connectivity index (χ4v) is 1.41. The van der Waals surface area contributed by atoms with Crippen molar-refractivity contribution in [2.45, 2.75) is 6.54 Å². The lowest BCUT2D eigenvalue weighted by atomic mass is 10.2. The van der Waals surface area contributed by atoms with Crippen LogP contribution in [-0.2, 0) is 6.54 Å². The normalized spacial score (nSPS) is 10.2. The molecule has 2 rings (SSSR count). The van der Waals surface area contributed by atoms with E-state index in [1.54, 1.807) is 12.1 Å². The summed E-state index contributed by atoms with van der Waals surface area (Å²) in [6, 6.07) is 7.16. The van der Waals surface area contributed by atoms with Crippen molar-refractivity contribution in [1.29, 1.82) is 0 Å². The zero-order valence-electron chi connectivity index (χ0n) is 8.80. The standard InChI is InChI=1S/C10H10ClN5O/c11-7-3-1-2-6(4-7)9-15-8(17-16-9)5-14-10(12)13/h1-4H,5H2,(H4,12,13,14). The Morgan fingerprint density at radius 3 is 2.94 bits per heavy atom. The van der Waals surface area contributed by atoms with Crippen molar-refractivity contribution in [3.8, 4) is 11.4 Å². The Morgan fingerprint density at radius 2 is 2.24 bits per heavy atom. The third-order valence-electron chi connectivity index (χ3n) is 1.95. The first-order valence-corrected chi connectivity index (χ1v) is 5.17. The van der Waals surface area contributed by atoms with Gasteiger partial charge in [-0.2, -0.15) is 4.98 Å². The Balaban J connectivity index is 2.21. The quantitative estimate of drug-likeness (QED) is 0.629. The Morgan fingerprint density at radius 1 is 1.41 bits per heavy atom. The lowest BCUT2D eigenvalue weighted by Gasteiger charge is -1.93. The second-order valence-corrected chi connectivity index (χ2v) is 3.70. The van der Waals surface area contributed by atoms with Crippen LogP contribution in [0.4, 0.5) is 0 Å². The van der Waals surface area contributed by atoms with Crippen molar-refractivity contribution >= 4 is 17.6 Å². The molecule has 0 radical (unpaired) electrons. The average molecular weight is 252 g/mol. The summed E-state index contributed by atoms with van der Waals surface area (Å²) in [5.74, 6) is 0.772. The highest BCUT2D eigenvalue weighted by molar-refractivity contribution is 6.30. The molecule has 1 aromatic carbocycles. The van der Waals surface area contributed by atoms with Crippen molar-refractivity contribution < 1.29 is 4.52 Å². The number of halogens is 1. The molecule has 7 heteroatoms. The Hall–Kier alpha value is -2.08. The number of hydrogen-bond acceptors (Lipinski definition) is 4. The fraction of sp³-hybridized carbons (Fsp3) is 0.100. The molecule has 0 saturated heterocycles. The molecule has 0 saturated carbocycles. The van der Waals surface area contributed by atoms with Gasteiger partial charge in [0.2, 0.25) is 11.7 Å².